The Hall–Kier alpha value is -4.26. The molecule has 1 aliphatic heterocycles. The highest BCUT2D eigenvalue weighted by atomic mass is 19.1. The molecular formula is C28H25FN4O2. The molecule has 2 heterocycles. The largest absolute Gasteiger partial charge is 0.334 e. The first-order chi connectivity index (χ1) is 16.9. The summed E-state index contributed by atoms with van der Waals surface area (Å²) in [7, 11) is 0. The normalized spacial score (nSPS) is 15.9. The number of carbonyl (C=O) groups excluding carboxylic acids is 1. The summed E-state index contributed by atoms with van der Waals surface area (Å²) in [5, 5.41) is 7.32. The Morgan fingerprint density at radius 3 is 2.43 bits per heavy atom. The maximum absolute atomic E-state index is 13.4. The lowest BCUT2D eigenvalue weighted by Gasteiger charge is -2.35. The van der Waals surface area contributed by atoms with Gasteiger partial charge >= 0.3 is 6.03 Å². The molecule has 3 aromatic carbocycles. The average molecular weight is 469 g/mol. The lowest BCUT2D eigenvalue weighted by molar-refractivity contribution is 0.203. The van der Waals surface area contributed by atoms with E-state index in [-0.39, 0.29) is 18.4 Å². The van der Waals surface area contributed by atoms with Gasteiger partial charge in [0, 0.05) is 11.3 Å². The predicted molar refractivity (Wildman–Crippen MR) is 131 cm³/mol. The lowest BCUT2D eigenvalue weighted by atomic mass is 9.92. The van der Waals surface area contributed by atoms with Gasteiger partial charge in [-0.1, -0.05) is 65.8 Å². The second-order valence-corrected chi connectivity index (χ2v) is 8.73. The van der Waals surface area contributed by atoms with Crippen molar-refractivity contribution in [3.63, 3.8) is 0 Å². The highest BCUT2D eigenvalue weighted by Crippen LogP contribution is 2.38. The second kappa shape index (κ2) is 9.18. The van der Waals surface area contributed by atoms with Crippen molar-refractivity contribution in [3.8, 4) is 11.4 Å². The summed E-state index contributed by atoms with van der Waals surface area (Å²) in [5.41, 5.74) is 6.29. The van der Waals surface area contributed by atoms with Crippen molar-refractivity contribution in [2.24, 2.45) is 0 Å². The number of nitrogens with one attached hydrogen (secondary N) is 1. The van der Waals surface area contributed by atoms with Crippen LogP contribution in [0.1, 0.15) is 41.1 Å². The molecule has 0 fully saturated rings. The van der Waals surface area contributed by atoms with Crippen molar-refractivity contribution < 1.29 is 13.7 Å². The first-order valence-corrected chi connectivity index (χ1v) is 11.4. The molecule has 35 heavy (non-hydrogen) atoms. The van der Waals surface area contributed by atoms with Crippen molar-refractivity contribution in [1.29, 1.82) is 0 Å². The molecule has 0 saturated carbocycles. The standard InChI is InChI=1S/C28H25FN4O2/c1-17-9-12-22(15-18(17)2)25-24(27-31-26(32-35-27)21-7-5-4-6-8-21)19(3)33(28(34)30-25)16-20-10-13-23(29)14-11-20/h4-15,25H,16H2,1-3H3,(H,30,34). The zero-order chi connectivity index (χ0) is 24.5. The summed E-state index contributed by atoms with van der Waals surface area (Å²) in [6, 6.07) is 21.1. The van der Waals surface area contributed by atoms with Gasteiger partial charge in [-0.15, -0.1) is 0 Å². The Bertz CT molecular complexity index is 1410. The quantitative estimate of drug-likeness (QED) is 0.379. The molecule has 6 nitrogen and oxygen atoms in total. The number of aromatic nitrogens is 2. The molecule has 1 aromatic heterocycles. The summed E-state index contributed by atoms with van der Waals surface area (Å²) >= 11 is 0. The molecule has 7 heteroatoms. The Balaban J connectivity index is 1.60. The molecule has 176 valence electrons. The number of halogens is 1. The summed E-state index contributed by atoms with van der Waals surface area (Å²) in [6.45, 7) is 6.24. The molecule has 5 rings (SSSR count). The zero-order valence-corrected chi connectivity index (χ0v) is 19.7. The molecule has 1 aliphatic rings. The van der Waals surface area contributed by atoms with E-state index in [0.29, 0.717) is 17.4 Å². The van der Waals surface area contributed by atoms with Crippen LogP contribution in [0.5, 0.6) is 0 Å². The third kappa shape index (κ3) is 4.45. The van der Waals surface area contributed by atoms with Gasteiger partial charge in [0.05, 0.1) is 18.2 Å². The Kier molecular flexibility index (Phi) is 5.91. The molecule has 1 atom stereocenters. The fraction of sp³-hybridized carbons (Fsp3) is 0.179. The molecule has 0 saturated heterocycles. The van der Waals surface area contributed by atoms with Gasteiger partial charge < -0.3 is 9.84 Å². The number of benzene rings is 3. The van der Waals surface area contributed by atoms with Gasteiger partial charge in [0.25, 0.3) is 5.89 Å². The Morgan fingerprint density at radius 2 is 1.71 bits per heavy atom. The lowest BCUT2D eigenvalue weighted by Crippen LogP contribution is -2.45. The van der Waals surface area contributed by atoms with Gasteiger partial charge in [-0.2, -0.15) is 4.98 Å². The van der Waals surface area contributed by atoms with Crippen molar-refractivity contribution in [2.45, 2.75) is 33.4 Å². The molecule has 0 bridgehead atoms. The number of hydrogen-bond donors (Lipinski definition) is 1. The fourth-order valence-electron chi connectivity index (χ4n) is 4.25. The van der Waals surface area contributed by atoms with Crippen LogP contribution in [-0.2, 0) is 6.54 Å². The third-order valence-electron chi connectivity index (χ3n) is 6.40. The van der Waals surface area contributed by atoms with E-state index in [9.17, 15) is 9.18 Å². The third-order valence-corrected chi connectivity index (χ3v) is 6.40. The molecule has 2 amide bonds. The monoisotopic (exact) mass is 468 g/mol. The van der Waals surface area contributed by atoms with Crippen LogP contribution >= 0.6 is 0 Å². The van der Waals surface area contributed by atoms with E-state index < -0.39 is 6.04 Å². The Labute approximate surface area is 203 Å². The summed E-state index contributed by atoms with van der Waals surface area (Å²) in [5.74, 6) is 0.495. The minimum atomic E-state index is -0.463. The zero-order valence-electron chi connectivity index (χ0n) is 19.7. The number of nitrogens with zero attached hydrogens (tertiary/aromatic N) is 3. The Morgan fingerprint density at radius 1 is 0.971 bits per heavy atom. The van der Waals surface area contributed by atoms with Crippen LogP contribution in [0.25, 0.3) is 17.0 Å². The summed E-state index contributed by atoms with van der Waals surface area (Å²) < 4.78 is 19.2. The van der Waals surface area contributed by atoms with Crippen LogP contribution in [0.15, 0.2) is 83.0 Å². The SMILES string of the molecule is CC1=C(c2nc(-c3ccccc3)no2)C(c2ccc(C)c(C)c2)NC(=O)N1Cc1ccc(F)cc1. The molecule has 1 N–H and O–H groups in total. The van der Waals surface area contributed by atoms with Crippen LogP contribution in [0, 0.1) is 19.7 Å². The van der Waals surface area contributed by atoms with Crippen molar-refractivity contribution in [1.82, 2.24) is 20.4 Å². The fourth-order valence-corrected chi connectivity index (χ4v) is 4.25. The van der Waals surface area contributed by atoms with E-state index in [0.717, 1.165) is 27.8 Å². The molecule has 4 aromatic rings. The number of aryl methyl sites for hydroxylation is 2. The average Bonchev–Trinajstić information content (AvgIpc) is 3.34. The van der Waals surface area contributed by atoms with Crippen LogP contribution in [0.4, 0.5) is 9.18 Å². The van der Waals surface area contributed by atoms with Crippen LogP contribution < -0.4 is 5.32 Å². The van der Waals surface area contributed by atoms with Gasteiger partial charge in [-0.3, -0.25) is 4.90 Å². The van der Waals surface area contributed by atoms with Crippen LogP contribution in [0.3, 0.4) is 0 Å². The molecular weight excluding hydrogens is 443 g/mol. The van der Waals surface area contributed by atoms with E-state index in [1.165, 1.54) is 17.7 Å². The topological polar surface area (TPSA) is 71.3 Å². The second-order valence-electron chi connectivity index (χ2n) is 8.73. The van der Waals surface area contributed by atoms with Crippen molar-refractivity contribution in [3.05, 3.63) is 112 Å². The van der Waals surface area contributed by atoms with E-state index in [4.69, 9.17) is 4.52 Å². The maximum Gasteiger partial charge on any atom is 0.322 e. The summed E-state index contributed by atoms with van der Waals surface area (Å²) in [4.78, 5) is 19.6. The van der Waals surface area contributed by atoms with Crippen molar-refractivity contribution >= 4 is 11.6 Å². The number of urea groups is 1. The van der Waals surface area contributed by atoms with Gasteiger partial charge in [-0.05, 0) is 55.2 Å². The van der Waals surface area contributed by atoms with Crippen molar-refractivity contribution in [2.75, 3.05) is 0 Å². The first-order valence-electron chi connectivity index (χ1n) is 11.4. The van der Waals surface area contributed by atoms with Crippen LogP contribution in [0.2, 0.25) is 0 Å². The number of rotatable bonds is 5. The van der Waals surface area contributed by atoms with Crippen LogP contribution in [-0.4, -0.2) is 21.1 Å². The minimum Gasteiger partial charge on any atom is -0.334 e. The molecule has 0 radical (unpaired) electrons. The highest BCUT2D eigenvalue weighted by Gasteiger charge is 2.36. The number of hydrogen-bond acceptors (Lipinski definition) is 4. The first kappa shape index (κ1) is 22.5. The number of allylic oxidation sites excluding steroid dienone is 1. The molecule has 0 aliphatic carbocycles. The maximum atomic E-state index is 13.4. The summed E-state index contributed by atoms with van der Waals surface area (Å²) in [6.07, 6.45) is 0. The van der Waals surface area contributed by atoms with E-state index in [1.807, 2.05) is 56.3 Å². The van der Waals surface area contributed by atoms with Gasteiger partial charge in [0.15, 0.2) is 0 Å². The van der Waals surface area contributed by atoms with E-state index in [2.05, 4.69) is 28.4 Å². The molecule has 1 unspecified atom stereocenters. The van der Waals surface area contributed by atoms with E-state index in [1.54, 1.807) is 17.0 Å². The smallest absolute Gasteiger partial charge is 0.322 e. The van der Waals surface area contributed by atoms with Gasteiger partial charge in [0.2, 0.25) is 5.82 Å². The molecule has 0 spiro atoms. The highest BCUT2D eigenvalue weighted by molar-refractivity contribution is 5.87. The number of carbonyl (C=O) groups is 1. The van der Waals surface area contributed by atoms with Gasteiger partial charge in [-0.25, -0.2) is 9.18 Å². The van der Waals surface area contributed by atoms with E-state index >= 15 is 0 Å². The number of amides is 2. The van der Waals surface area contributed by atoms with Gasteiger partial charge in [0.1, 0.15) is 5.82 Å². The minimum absolute atomic E-state index is 0.249. The predicted octanol–water partition coefficient (Wildman–Crippen LogP) is 6.19.